The number of halogens is 1. The van der Waals surface area contributed by atoms with Gasteiger partial charge >= 0.3 is 6.50 Å². The van der Waals surface area contributed by atoms with E-state index in [4.69, 9.17) is 0 Å². The van der Waals surface area contributed by atoms with Crippen LogP contribution < -0.4 is 0 Å². The fraction of sp³-hybridized carbons (Fsp3) is 0.143. The van der Waals surface area contributed by atoms with Crippen LogP contribution in [0.3, 0.4) is 0 Å². The van der Waals surface area contributed by atoms with Crippen LogP contribution in [-0.2, 0) is 10.7 Å². The predicted molar refractivity (Wildman–Crippen MR) is 46.7 cm³/mol. The molecule has 0 radical (unpaired) electrons. The molecule has 0 saturated heterocycles. The van der Waals surface area contributed by atoms with E-state index in [-0.39, 0.29) is 0 Å². The van der Waals surface area contributed by atoms with Crippen LogP contribution in [0.5, 0.6) is 0 Å². The summed E-state index contributed by atoms with van der Waals surface area (Å²) < 4.78 is 10.7. The van der Waals surface area contributed by atoms with Crippen LogP contribution in [0.4, 0.5) is 0 Å². The summed E-state index contributed by atoms with van der Waals surface area (Å²) in [5.74, 6) is 0. The highest BCUT2D eigenvalue weighted by molar-refractivity contribution is 9.37. The lowest BCUT2D eigenvalue weighted by Crippen LogP contribution is -1.73. The van der Waals surface area contributed by atoms with Gasteiger partial charge in [0.2, 0.25) is 0 Å². The molecule has 0 aliphatic rings. The second-order valence-electron chi connectivity index (χ2n) is 1.96. The first-order valence-electron chi connectivity index (χ1n) is 2.93. The summed E-state index contributed by atoms with van der Waals surface area (Å²) in [7, 11) is 0. The molecule has 1 aromatic rings. The first-order valence-corrected chi connectivity index (χ1v) is 6.40. The van der Waals surface area contributed by atoms with E-state index in [2.05, 4.69) is 15.5 Å². The summed E-state index contributed by atoms with van der Waals surface area (Å²) in [4.78, 5) is 0. The van der Waals surface area contributed by atoms with Crippen molar-refractivity contribution < 1.29 is 4.57 Å². The molecule has 0 bridgehead atoms. The number of benzene rings is 1. The summed E-state index contributed by atoms with van der Waals surface area (Å²) >= 11 is 3.02. The predicted octanol–water partition coefficient (Wildman–Crippen LogP) is 3.32. The Bertz CT molecular complexity index is 222. The summed E-state index contributed by atoms with van der Waals surface area (Å²) in [6, 6.07) is 9.77. The van der Waals surface area contributed by atoms with Crippen LogP contribution in [0, 0.1) is 0 Å². The number of hydrogen-bond acceptors (Lipinski definition) is 1. The van der Waals surface area contributed by atoms with Crippen molar-refractivity contribution in [1.29, 1.82) is 0 Å². The Labute approximate surface area is 69.0 Å². The van der Waals surface area contributed by atoms with Gasteiger partial charge in [0, 0.05) is 5.56 Å². The van der Waals surface area contributed by atoms with Crippen molar-refractivity contribution in [3.8, 4) is 0 Å². The zero-order chi connectivity index (χ0) is 7.40. The van der Waals surface area contributed by atoms with Gasteiger partial charge < -0.3 is 0 Å². The van der Waals surface area contributed by atoms with Gasteiger partial charge in [0.1, 0.15) is 0 Å². The Hall–Kier alpha value is -0.200. The molecule has 1 atom stereocenters. The molecule has 52 valence electrons. The fourth-order valence-electron chi connectivity index (χ4n) is 0.727. The molecule has 3 heteroatoms. The molecule has 1 rings (SSSR count). The van der Waals surface area contributed by atoms with E-state index >= 15 is 0 Å². The summed E-state index contributed by atoms with van der Waals surface area (Å²) in [6.45, 7) is -1.21. The Morgan fingerprint density at radius 3 is 2.40 bits per heavy atom. The van der Waals surface area contributed by atoms with E-state index in [1.54, 1.807) is 0 Å². The summed E-state index contributed by atoms with van der Waals surface area (Å²) in [5, 5.41) is 0. The molecule has 1 nitrogen and oxygen atoms in total. The van der Waals surface area contributed by atoms with Gasteiger partial charge in [-0.2, -0.15) is 0 Å². The van der Waals surface area contributed by atoms with E-state index in [1.165, 1.54) is 0 Å². The van der Waals surface area contributed by atoms with Gasteiger partial charge in [-0.15, -0.1) is 0 Å². The SMILES string of the molecule is O=[P+](Br)Cc1ccccc1. The molecule has 0 heterocycles. The molecule has 0 saturated carbocycles. The molecular formula is C7H7BrOP+. The minimum Gasteiger partial charge on any atom is -0.0622 e. The third kappa shape index (κ3) is 2.59. The molecule has 1 aromatic carbocycles. The number of hydrogen-bond donors (Lipinski definition) is 0. The van der Waals surface area contributed by atoms with E-state index in [1.807, 2.05) is 30.3 Å². The summed E-state index contributed by atoms with van der Waals surface area (Å²) in [5.41, 5.74) is 1.11. The van der Waals surface area contributed by atoms with Crippen LogP contribution in [-0.4, -0.2) is 0 Å². The van der Waals surface area contributed by atoms with Gasteiger partial charge in [0.15, 0.2) is 6.16 Å². The van der Waals surface area contributed by atoms with Crippen molar-refractivity contribution in [2.24, 2.45) is 0 Å². The van der Waals surface area contributed by atoms with Crippen molar-refractivity contribution in [2.45, 2.75) is 6.16 Å². The van der Waals surface area contributed by atoms with Gasteiger partial charge in [-0.3, -0.25) is 0 Å². The van der Waals surface area contributed by atoms with E-state index in [9.17, 15) is 4.57 Å². The average Bonchev–Trinajstić information content (AvgIpc) is 1.88. The lowest BCUT2D eigenvalue weighted by Gasteiger charge is -1.86. The van der Waals surface area contributed by atoms with Crippen LogP contribution in [0.15, 0.2) is 30.3 Å². The first kappa shape index (κ1) is 7.90. The van der Waals surface area contributed by atoms with Crippen LogP contribution in [0.1, 0.15) is 5.56 Å². The normalized spacial score (nSPS) is 11.1. The third-order valence-corrected chi connectivity index (χ3v) is 2.52. The minimum absolute atomic E-state index is 0.621. The fourth-order valence-corrected chi connectivity index (χ4v) is 2.09. The Morgan fingerprint density at radius 2 is 1.90 bits per heavy atom. The standard InChI is InChI=1S/C7H7BrOP/c8-10(9)6-7-4-2-1-3-5-7/h1-5H,6H2/q+1. The topological polar surface area (TPSA) is 17.1 Å². The molecule has 0 aliphatic carbocycles. The van der Waals surface area contributed by atoms with Crippen molar-refractivity contribution in [3.05, 3.63) is 35.9 Å². The Kier molecular flexibility index (Phi) is 3.04. The third-order valence-electron chi connectivity index (χ3n) is 1.15. The lowest BCUT2D eigenvalue weighted by atomic mass is 10.2. The molecule has 0 N–H and O–H groups in total. The molecule has 0 aromatic heterocycles. The van der Waals surface area contributed by atoms with Crippen LogP contribution in [0.2, 0.25) is 0 Å². The molecule has 0 amide bonds. The highest BCUT2D eigenvalue weighted by Gasteiger charge is 2.09. The maximum atomic E-state index is 10.7. The zero-order valence-electron chi connectivity index (χ0n) is 5.33. The van der Waals surface area contributed by atoms with Crippen molar-refractivity contribution in [1.82, 2.24) is 0 Å². The molecule has 10 heavy (non-hydrogen) atoms. The zero-order valence-corrected chi connectivity index (χ0v) is 7.81. The van der Waals surface area contributed by atoms with Gasteiger partial charge in [0.25, 0.3) is 15.5 Å². The second kappa shape index (κ2) is 3.85. The molecule has 0 spiro atoms. The molecule has 0 fully saturated rings. The van der Waals surface area contributed by atoms with E-state index in [0.717, 1.165) is 5.56 Å². The van der Waals surface area contributed by atoms with Gasteiger partial charge in [-0.25, -0.2) is 0 Å². The van der Waals surface area contributed by atoms with Crippen LogP contribution in [0.25, 0.3) is 0 Å². The monoisotopic (exact) mass is 217 g/mol. The molecular weight excluding hydrogens is 211 g/mol. The van der Waals surface area contributed by atoms with Crippen molar-refractivity contribution >= 4 is 22.0 Å². The highest BCUT2D eigenvalue weighted by atomic mass is 79.9. The van der Waals surface area contributed by atoms with Gasteiger partial charge in [0.05, 0.1) is 0 Å². The Morgan fingerprint density at radius 1 is 1.30 bits per heavy atom. The molecule has 1 unspecified atom stereocenters. The van der Waals surface area contributed by atoms with Crippen LogP contribution >= 0.6 is 22.0 Å². The van der Waals surface area contributed by atoms with E-state index < -0.39 is 6.50 Å². The second-order valence-corrected chi connectivity index (χ2v) is 5.29. The van der Waals surface area contributed by atoms with Crippen molar-refractivity contribution in [3.63, 3.8) is 0 Å². The van der Waals surface area contributed by atoms with Gasteiger partial charge in [-0.1, -0.05) is 34.9 Å². The Balaban J connectivity index is 2.67. The average molecular weight is 218 g/mol. The van der Waals surface area contributed by atoms with E-state index in [0.29, 0.717) is 6.16 Å². The summed E-state index contributed by atoms with van der Waals surface area (Å²) in [6.07, 6.45) is 0.621. The van der Waals surface area contributed by atoms with Gasteiger partial charge in [-0.05, 0) is 0 Å². The lowest BCUT2D eigenvalue weighted by molar-refractivity contribution is 0.596. The largest absolute Gasteiger partial charge is 0.421 e. The first-order chi connectivity index (χ1) is 4.79. The quantitative estimate of drug-likeness (QED) is 0.695. The maximum absolute atomic E-state index is 10.7. The highest BCUT2D eigenvalue weighted by Crippen LogP contribution is 2.33. The smallest absolute Gasteiger partial charge is 0.0622 e. The number of rotatable bonds is 2. The van der Waals surface area contributed by atoms with Crippen molar-refractivity contribution in [2.75, 3.05) is 0 Å². The maximum Gasteiger partial charge on any atom is 0.421 e. The molecule has 0 aliphatic heterocycles. The minimum atomic E-state index is -1.21.